The highest BCUT2D eigenvalue weighted by molar-refractivity contribution is 9.10. The molecule has 2 aliphatic heterocycles. The number of halogens is 2. The van der Waals surface area contributed by atoms with Gasteiger partial charge in [0.2, 0.25) is 5.91 Å². The lowest BCUT2D eigenvalue weighted by Gasteiger charge is -2.39. The highest BCUT2D eigenvalue weighted by atomic mass is 79.9. The van der Waals surface area contributed by atoms with Gasteiger partial charge in [-0.3, -0.25) is 14.5 Å². The molecule has 0 N–H and O–H groups in total. The number of carbonyl (C=O) groups excluding carboxylic acids is 2. The van der Waals surface area contributed by atoms with E-state index in [1.54, 1.807) is 28.4 Å². The molecule has 176 valence electrons. The monoisotopic (exact) mass is 541 g/mol. The van der Waals surface area contributed by atoms with E-state index in [1.807, 2.05) is 35.2 Å². The van der Waals surface area contributed by atoms with Crippen molar-refractivity contribution in [2.45, 2.75) is 12.5 Å². The molecule has 3 aromatic rings. The van der Waals surface area contributed by atoms with E-state index in [9.17, 15) is 14.0 Å². The van der Waals surface area contributed by atoms with Gasteiger partial charge in [0.25, 0.3) is 5.91 Å². The van der Waals surface area contributed by atoms with Crippen molar-refractivity contribution in [2.75, 3.05) is 39.3 Å². The van der Waals surface area contributed by atoms with Crippen molar-refractivity contribution in [3.63, 3.8) is 0 Å². The van der Waals surface area contributed by atoms with Gasteiger partial charge in [-0.1, -0.05) is 34.1 Å². The van der Waals surface area contributed by atoms with Crippen LogP contribution in [0.3, 0.4) is 0 Å². The van der Waals surface area contributed by atoms with E-state index in [2.05, 4.69) is 32.3 Å². The quantitative estimate of drug-likeness (QED) is 0.485. The van der Waals surface area contributed by atoms with E-state index < -0.39 is 0 Å². The van der Waals surface area contributed by atoms with Crippen LogP contribution in [0.15, 0.2) is 64.5 Å². The molecule has 1 aromatic heterocycles. The first-order valence-electron chi connectivity index (χ1n) is 11.4. The summed E-state index contributed by atoms with van der Waals surface area (Å²) in [4.78, 5) is 33.2. The van der Waals surface area contributed by atoms with Crippen LogP contribution in [0.25, 0.3) is 0 Å². The van der Waals surface area contributed by atoms with Gasteiger partial charge in [-0.25, -0.2) is 4.39 Å². The van der Waals surface area contributed by atoms with Gasteiger partial charge in [0.15, 0.2) is 0 Å². The van der Waals surface area contributed by atoms with Gasteiger partial charge in [0, 0.05) is 47.6 Å². The Morgan fingerprint density at radius 1 is 0.971 bits per heavy atom. The van der Waals surface area contributed by atoms with Crippen molar-refractivity contribution in [3.05, 3.63) is 91.8 Å². The zero-order valence-corrected chi connectivity index (χ0v) is 21.0. The number of rotatable bonds is 4. The first-order chi connectivity index (χ1) is 16.5. The van der Waals surface area contributed by atoms with E-state index in [-0.39, 0.29) is 30.2 Å². The molecule has 5 nitrogen and oxygen atoms in total. The molecular weight excluding hydrogens is 517 g/mol. The number of nitrogens with zero attached hydrogens (tertiary/aromatic N) is 3. The van der Waals surface area contributed by atoms with Gasteiger partial charge in [-0.15, -0.1) is 11.3 Å². The summed E-state index contributed by atoms with van der Waals surface area (Å²) in [5.41, 5.74) is 2.68. The number of hydrogen-bond donors (Lipinski definition) is 0. The number of amides is 2. The molecule has 2 amide bonds. The molecule has 0 radical (unpaired) electrons. The number of hydrogen-bond acceptors (Lipinski definition) is 4. The molecule has 34 heavy (non-hydrogen) atoms. The molecule has 1 fully saturated rings. The lowest BCUT2D eigenvalue weighted by molar-refractivity contribution is -0.134. The molecule has 1 saturated heterocycles. The van der Waals surface area contributed by atoms with E-state index >= 15 is 0 Å². The summed E-state index contributed by atoms with van der Waals surface area (Å²) in [6.45, 7) is 3.08. The Morgan fingerprint density at radius 3 is 2.50 bits per heavy atom. The maximum atomic E-state index is 14.0. The molecular formula is C26H25BrFN3O2S. The van der Waals surface area contributed by atoms with Gasteiger partial charge in [-0.05, 0) is 59.3 Å². The minimum atomic E-state index is -0.266. The minimum absolute atomic E-state index is 0.0133. The number of benzene rings is 2. The molecule has 1 atom stereocenters. The summed E-state index contributed by atoms with van der Waals surface area (Å²) >= 11 is 5.14. The van der Waals surface area contributed by atoms with Crippen molar-refractivity contribution >= 4 is 39.1 Å². The zero-order chi connectivity index (χ0) is 23.7. The fourth-order valence-corrected chi connectivity index (χ4v) is 6.15. The fraction of sp³-hybridized carbons (Fsp3) is 0.308. The first kappa shape index (κ1) is 23.2. The Morgan fingerprint density at radius 2 is 1.74 bits per heavy atom. The topological polar surface area (TPSA) is 43.9 Å². The second kappa shape index (κ2) is 9.98. The number of thiophene rings is 1. The fourth-order valence-electron chi connectivity index (χ4n) is 4.84. The van der Waals surface area contributed by atoms with Crippen LogP contribution in [0.2, 0.25) is 0 Å². The van der Waals surface area contributed by atoms with Gasteiger partial charge >= 0.3 is 0 Å². The molecule has 0 spiro atoms. The van der Waals surface area contributed by atoms with Crippen molar-refractivity contribution in [1.29, 1.82) is 0 Å². The molecule has 8 heteroatoms. The molecule has 0 aliphatic carbocycles. The van der Waals surface area contributed by atoms with Crippen molar-refractivity contribution in [1.82, 2.24) is 14.7 Å². The molecule has 0 bridgehead atoms. The highest BCUT2D eigenvalue weighted by Crippen LogP contribution is 2.37. The highest BCUT2D eigenvalue weighted by Gasteiger charge is 2.33. The van der Waals surface area contributed by atoms with Gasteiger partial charge in [-0.2, -0.15) is 0 Å². The lowest BCUT2D eigenvalue weighted by atomic mass is 9.93. The summed E-state index contributed by atoms with van der Waals surface area (Å²) in [5.74, 6) is -0.229. The predicted octanol–water partition coefficient (Wildman–Crippen LogP) is 4.58. The average molecular weight is 542 g/mol. The summed E-state index contributed by atoms with van der Waals surface area (Å²) in [6, 6.07) is 16.0. The predicted molar refractivity (Wildman–Crippen MR) is 134 cm³/mol. The first-order valence-corrected chi connectivity index (χ1v) is 13.1. The van der Waals surface area contributed by atoms with Crippen LogP contribution in [-0.2, 0) is 11.2 Å². The summed E-state index contributed by atoms with van der Waals surface area (Å²) in [7, 11) is 0. The molecule has 2 aromatic carbocycles. The van der Waals surface area contributed by atoms with Gasteiger partial charge in [0.05, 0.1) is 12.6 Å². The van der Waals surface area contributed by atoms with Crippen LogP contribution in [-0.4, -0.2) is 65.8 Å². The number of piperazine rings is 1. The number of fused-ring (bicyclic) bond motifs is 1. The van der Waals surface area contributed by atoms with Crippen molar-refractivity contribution in [3.8, 4) is 0 Å². The van der Waals surface area contributed by atoms with E-state index in [0.29, 0.717) is 31.7 Å². The summed E-state index contributed by atoms with van der Waals surface area (Å²) < 4.78 is 14.9. The Hall–Kier alpha value is -2.55. The third-order valence-corrected chi connectivity index (χ3v) is 8.05. The normalized spacial score (nSPS) is 18.6. The van der Waals surface area contributed by atoms with Crippen LogP contribution in [0.5, 0.6) is 0 Å². The lowest BCUT2D eigenvalue weighted by Crippen LogP contribution is -2.53. The van der Waals surface area contributed by atoms with Crippen molar-refractivity contribution < 1.29 is 14.0 Å². The average Bonchev–Trinajstić information content (AvgIpc) is 3.32. The third-order valence-electron chi connectivity index (χ3n) is 6.56. The maximum absolute atomic E-state index is 14.0. The second-order valence-corrected chi connectivity index (χ2v) is 10.6. The second-order valence-electron chi connectivity index (χ2n) is 8.66. The van der Waals surface area contributed by atoms with Crippen LogP contribution < -0.4 is 0 Å². The van der Waals surface area contributed by atoms with E-state index in [4.69, 9.17) is 0 Å². The molecule has 0 saturated carbocycles. The maximum Gasteiger partial charge on any atom is 0.254 e. The molecule has 0 unspecified atom stereocenters. The third kappa shape index (κ3) is 4.80. The number of carbonyl (C=O) groups is 2. The van der Waals surface area contributed by atoms with Crippen LogP contribution in [0.1, 0.15) is 32.4 Å². The van der Waals surface area contributed by atoms with Crippen LogP contribution >= 0.6 is 27.3 Å². The van der Waals surface area contributed by atoms with Crippen molar-refractivity contribution in [2.24, 2.45) is 0 Å². The Bertz CT molecular complexity index is 1210. The largest absolute Gasteiger partial charge is 0.338 e. The Labute approximate surface area is 210 Å². The molecule has 3 heterocycles. The standard InChI is InChI=1S/C26H25BrFN3O2S/c27-20-5-1-4-19(15-20)26(33)30-12-10-29(11-13-30)24(32)17-31-9-7-23-22(8-14-34-23)25(31)18-3-2-6-21(28)16-18/h1-6,8,14-16,25H,7,9-13,17H2/t25-/m0/s1. The smallest absolute Gasteiger partial charge is 0.254 e. The van der Waals surface area contributed by atoms with Gasteiger partial charge in [0.1, 0.15) is 5.82 Å². The Kier molecular flexibility index (Phi) is 6.81. The molecule has 5 rings (SSSR count). The Balaban J connectivity index is 1.25. The van der Waals surface area contributed by atoms with Gasteiger partial charge < -0.3 is 9.80 Å². The van der Waals surface area contributed by atoms with E-state index in [0.717, 1.165) is 23.0 Å². The zero-order valence-electron chi connectivity index (χ0n) is 18.6. The minimum Gasteiger partial charge on any atom is -0.338 e. The summed E-state index contributed by atoms with van der Waals surface area (Å²) in [6.07, 6.45) is 0.890. The van der Waals surface area contributed by atoms with Crippen LogP contribution in [0.4, 0.5) is 4.39 Å². The van der Waals surface area contributed by atoms with Crippen LogP contribution in [0, 0.1) is 5.82 Å². The van der Waals surface area contributed by atoms with E-state index in [1.165, 1.54) is 16.5 Å². The molecule has 2 aliphatic rings. The summed E-state index contributed by atoms with van der Waals surface area (Å²) in [5, 5.41) is 2.07. The SMILES string of the molecule is O=C(CN1CCc2sccc2[C@@H]1c1cccc(F)c1)N1CCN(C(=O)c2cccc(Br)c2)CC1.